The van der Waals surface area contributed by atoms with Gasteiger partial charge in [-0.05, 0) is 26.3 Å². The Morgan fingerprint density at radius 2 is 1.85 bits per heavy atom. The van der Waals surface area contributed by atoms with Crippen LogP contribution in [0.1, 0.15) is 32.3 Å². The van der Waals surface area contributed by atoms with Crippen molar-refractivity contribution in [1.82, 2.24) is 10.2 Å². The first kappa shape index (κ1) is 18.4. The van der Waals surface area contributed by atoms with E-state index in [0.29, 0.717) is 5.56 Å². The summed E-state index contributed by atoms with van der Waals surface area (Å²) in [6.45, 7) is 4.87. The Kier molecular flexibility index (Phi) is 4.56. The maximum absolute atomic E-state index is 12.7. The van der Waals surface area contributed by atoms with Crippen molar-refractivity contribution in [2.24, 2.45) is 0 Å². The SMILES string of the molecule is CC(=O)[C@H](C(=O)N[C@H]1C(=O)N2[C@@H]1SC(C)(C)[C@@H]2C(=O)O)c1ccccc1. The van der Waals surface area contributed by atoms with Gasteiger partial charge in [0.05, 0.1) is 0 Å². The molecular formula is C18H20N2O5S. The van der Waals surface area contributed by atoms with Crippen molar-refractivity contribution >= 4 is 35.3 Å². The molecule has 138 valence electrons. The maximum atomic E-state index is 12.7. The number of rotatable bonds is 5. The number of aliphatic carboxylic acids is 1. The van der Waals surface area contributed by atoms with E-state index < -0.39 is 45.9 Å². The van der Waals surface area contributed by atoms with Crippen LogP contribution in [0.25, 0.3) is 0 Å². The standard InChI is InChI=1S/C18H20N2O5S/c1-9(21)11(10-7-5-4-6-8-10)14(22)19-12-15(23)20-13(17(24)25)18(2,3)26-16(12)20/h4-8,11-13,16H,1-3H3,(H,19,22)(H,24,25)/t11-,12-,13-,16+/m0/s1. The Morgan fingerprint density at radius 3 is 2.38 bits per heavy atom. The molecule has 2 aliphatic heterocycles. The van der Waals surface area contributed by atoms with Gasteiger partial charge in [-0.15, -0.1) is 11.8 Å². The van der Waals surface area contributed by atoms with Crippen molar-refractivity contribution < 1.29 is 24.3 Å². The highest BCUT2D eigenvalue weighted by Gasteiger charge is 2.64. The number of carboxylic acid groups (broad SMARTS) is 1. The molecule has 0 aliphatic carbocycles. The van der Waals surface area contributed by atoms with E-state index in [4.69, 9.17) is 0 Å². The van der Waals surface area contributed by atoms with Gasteiger partial charge in [0.2, 0.25) is 11.8 Å². The molecule has 4 atom stereocenters. The van der Waals surface area contributed by atoms with E-state index in [1.165, 1.54) is 23.6 Å². The lowest BCUT2D eigenvalue weighted by Gasteiger charge is -2.43. The van der Waals surface area contributed by atoms with Gasteiger partial charge in [0.1, 0.15) is 29.2 Å². The van der Waals surface area contributed by atoms with E-state index in [1.807, 2.05) is 0 Å². The van der Waals surface area contributed by atoms with Crippen LogP contribution in [0.5, 0.6) is 0 Å². The first-order chi connectivity index (χ1) is 12.1. The van der Waals surface area contributed by atoms with Gasteiger partial charge in [-0.1, -0.05) is 30.3 Å². The van der Waals surface area contributed by atoms with Gasteiger partial charge in [-0.25, -0.2) is 4.79 Å². The molecular weight excluding hydrogens is 356 g/mol. The van der Waals surface area contributed by atoms with Crippen LogP contribution in [-0.2, 0) is 19.2 Å². The molecule has 26 heavy (non-hydrogen) atoms. The minimum Gasteiger partial charge on any atom is -0.480 e. The fourth-order valence-corrected chi connectivity index (χ4v) is 5.22. The molecule has 1 aromatic rings. The Morgan fingerprint density at radius 1 is 1.23 bits per heavy atom. The second kappa shape index (κ2) is 6.42. The molecule has 2 fully saturated rings. The number of nitrogens with zero attached hydrogens (tertiary/aromatic N) is 1. The monoisotopic (exact) mass is 376 g/mol. The zero-order chi connectivity index (χ0) is 19.2. The van der Waals surface area contributed by atoms with Gasteiger partial charge < -0.3 is 15.3 Å². The number of β-lactam (4-membered cyclic amide) rings is 1. The molecule has 1 aromatic carbocycles. The summed E-state index contributed by atoms with van der Waals surface area (Å²) in [6.07, 6.45) is 0. The van der Waals surface area contributed by atoms with Crippen LogP contribution in [0.15, 0.2) is 30.3 Å². The average Bonchev–Trinajstić information content (AvgIpc) is 2.82. The number of carbonyl (C=O) groups is 4. The largest absolute Gasteiger partial charge is 0.480 e. The Balaban J connectivity index is 1.78. The minimum absolute atomic E-state index is 0.319. The van der Waals surface area contributed by atoms with Gasteiger partial charge in [0, 0.05) is 4.75 Å². The second-order valence-corrected chi connectivity index (χ2v) is 8.81. The third kappa shape index (κ3) is 2.88. The number of fused-ring (bicyclic) bond motifs is 1. The molecule has 2 heterocycles. The highest BCUT2D eigenvalue weighted by Crippen LogP contribution is 2.50. The molecule has 2 amide bonds. The van der Waals surface area contributed by atoms with E-state index >= 15 is 0 Å². The van der Waals surface area contributed by atoms with Gasteiger partial charge in [0.15, 0.2) is 0 Å². The number of carbonyl (C=O) groups excluding carboxylic acids is 3. The smallest absolute Gasteiger partial charge is 0.327 e. The second-order valence-electron chi connectivity index (χ2n) is 7.04. The number of thioether (sulfide) groups is 1. The van der Waals surface area contributed by atoms with Crippen molar-refractivity contribution in [3.05, 3.63) is 35.9 Å². The Hall–Kier alpha value is -2.35. The zero-order valence-corrected chi connectivity index (χ0v) is 15.4. The first-order valence-corrected chi connectivity index (χ1v) is 9.11. The molecule has 7 nitrogen and oxygen atoms in total. The van der Waals surface area contributed by atoms with E-state index in [-0.39, 0.29) is 5.78 Å². The Labute approximate surface area is 155 Å². The van der Waals surface area contributed by atoms with Crippen molar-refractivity contribution in [2.45, 2.75) is 48.9 Å². The number of hydrogen-bond acceptors (Lipinski definition) is 5. The number of carboxylic acids is 1. The van der Waals surface area contributed by atoms with E-state index in [1.54, 1.807) is 44.2 Å². The lowest BCUT2D eigenvalue weighted by atomic mass is 9.92. The number of nitrogens with one attached hydrogen (secondary N) is 1. The van der Waals surface area contributed by atoms with Crippen molar-refractivity contribution in [1.29, 1.82) is 0 Å². The first-order valence-electron chi connectivity index (χ1n) is 8.23. The van der Waals surface area contributed by atoms with Crippen molar-refractivity contribution in [3.8, 4) is 0 Å². The van der Waals surface area contributed by atoms with E-state index in [9.17, 15) is 24.3 Å². The molecule has 0 radical (unpaired) electrons. The van der Waals surface area contributed by atoms with Gasteiger partial charge >= 0.3 is 5.97 Å². The van der Waals surface area contributed by atoms with Crippen LogP contribution in [0.2, 0.25) is 0 Å². The molecule has 8 heteroatoms. The molecule has 2 saturated heterocycles. The summed E-state index contributed by atoms with van der Waals surface area (Å²) in [5.74, 6) is -3.34. The summed E-state index contributed by atoms with van der Waals surface area (Å²) >= 11 is 1.35. The average molecular weight is 376 g/mol. The summed E-state index contributed by atoms with van der Waals surface area (Å²) in [6, 6.07) is 6.89. The highest BCUT2D eigenvalue weighted by atomic mass is 32.2. The van der Waals surface area contributed by atoms with Crippen molar-refractivity contribution in [2.75, 3.05) is 0 Å². The summed E-state index contributed by atoms with van der Waals surface area (Å²) in [7, 11) is 0. The van der Waals surface area contributed by atoms with Crippen LogP contribution >= 0.6 is 11.8 Å². The lowest BCUT2D eigenvalue weighted by molar-refractivity contribution is -0.161. The quantitative estimate of drug-likeness (QED) is 0.587. The maximum Gasteiger partial charge on any atom is 0.327 e. The third-order valence-electron chi connectivity index (χ3n) is 4.77. The normalized spacial score (nSPS) is 27.3. The van der Waals surface area contributed by atoms with Crippen LogP contribution < -0.4 is 5.32 Å². The third-order valence-corrected chi connectivity index (χ3v) is 6.35. The number of benzene rings is 1. The highest BCUT2D eigenvalue weighted by molar-refractivity contribution is 8.01. The van der Waals surface area contributed by atoms with E-state index in [0.717, 1.165) is 0 Å². The molecule has 0 aromatic heterocycles. The fraction of sp³-hybridized carbons (Fsp3) is 0.444. The minimum atomic E-state index is -1.06. The molecule has 0 spiro atoms. The lowest BCUT2D eigenvalue weighted by Crippen LogP contribution is -2.71. The molecule has 0 bridgehead atoms. The number of hydrogen-bond donors (Lipinski definition) is 2. The van der Waals surface area contributed by atoms with Gasteiger partial charge in [-0.3, -0.25) is 14.4 Å². The fourth-order valence-electron chi connectivity index (χ4n) is 3.60. The Bertz CT molecular complexity index is 779. The number of ketones is 1. The topological polar surface area (TPSA) is 104 Å². The zero-order valence-electron chi connectivity index (χ0n) is 14.6. The molecule has 2 aliphatic rings. The van der Waals surface area contributed by atoms with Crippen LogP contribution in [-0.4, -0.2) is 55.8 Å². The van der Waals surface area contributed by atoms with Gasteiger partial charge in [-0.2, -0.15) is 0 Å². The van der Waals surface area contributed by atoms with Crippen LogP contribution in [0.4, 0.5) is 0 Å². The summed E-state index contributed by atoms with van der Waals surface area (Å²) in [5, 5.41) is 11.6. The number of Topliss-reactive ketones (excluding diaryl/α,β-unsaturated/α-hetero) is 1. The summed E-state index contributed by atoms with van der Waals surface area (Å²) in [4.78, 5) is 50.0. The predicted octanol–water partition coefficient (Wildman–Crippen LogP) is 0.991. The van der Waals surface area contributed by atoms with Gasteiger partial charge in [0.25, 0.3) is 0 Å². The summed E-state index contributed by atoms with van der Waals surface area (Å²) in [5.41, 5.74) is 0.559. The van der Waals surface area contributed by atoms with Crippen molar-refractivity contribution in [3.63, 3.8) is 0 Å². The summed E-state index contributed by atoms with van der Waals surface area (Å²) < 4.78 is -0.662. The number of amides is 2. The molecule has 0 unspecified atom stereocenters. The molecule has 2 N–H and O–H groups in total. The van der Waals surface area contributed by atoms with Crippen LogP contribution in [0.3, 0.4) is 0 Å². The van der Waals surface area contributed by atoms with E-state index in [2.05, 4.69) is 5.32 Å². The molecule has 0 saturated carbocycles. The molecule has 3 rings (SSSR count). The van der Waals surface area contributed by atoms with Crippen LogP contribution in [0, 0.1) is 0 Å². The predicted molar refractivity (Wildman–Crippen MR) is 95.5 cm³/mol.